The molecule has 0 saturated heterocycles. The van der Waals surface area contributed by atoms with E-state index in [-0.39, 0.29) is 5.91 Å². The number of nitrogens with zero attached hydrogens (tertiary/aromatic N) is 1. The molecule has 0 fully saturated rings. The molecule has 0 bridgehead atoms. The van der Waals surface area contributed by atoms with Gasteiger partial charge in [0.2, 0.25) is 5.91 Å². The standard InChI is InChI=1S/C17H22N2O3/c1-16(2,3)12(14(20)21)7-10-6-11-8-17(4,5)15(22)19-13(11)18-9-10/h6-7,9H,8H2,1-5H3,(H,20,21)(H,18,19,22)/b12-7+. The van der Waals surface area contributed by atoms with Crippen molar-refractivity contribution < 1.29 is 14.7 Å². The van der Waals surface area contributed by atoms with Crippen LogP contribution in [0.1, 0.15) is 45.7 Å². The number of carboxylic acids is 1. The van der Waals surface area contributed by atoms with Gasteiger partial charge in [0.15, 0.2) is 0 Å². The van der Waals surface area contributed by atoms with Crippen LogP contribution in [0.25, 0.3) is 6.08 Å². The Labute approximate surface area is 130 Å². The van der Waals surface area contributed by atoms with Crippen LogP contribution in [0.3, 0.4) is 0 Å². The van der Waals surface area contributed by atoms with Crippen molar-refractivity contribution in [3.05, 3.63) is 29.0 Å². The van der Waals surface area contributed by atoms with Gasteiger partial charge in [0.05, 0.1) is 0 Å². The summed E-state index contributed by atoms with van der Waals surface area (Å²) in [6.07, 6.45) is 3.83. The summed E-state index contributed by atoms with van der Waals surface area (Å²) in [6, 6.07) is 1.90. The predicted molar refractivity (Wildman–Crippen MR) is 85.4 cm³/mol. The molecule has 0 spiro atoms. The number of carbonyl (C=O) groups excluding carboxylic acids is 1. The van der Waals surface area contributed by atoms with Crippen LogP contribution < -0.4 is 5.32 Å². The van der Waals surface area contributed by atoms with Gasteiger partial charge >= 0.3 is 5.97 Å². The van der Waals surface area contributed by atoms with Gasteiger partial charge < -0.3 is 10.4 Å². The fourth-order valence-corrected chi connectivity index (χ4v) is 2.45. The second kappa shape index (κ2) is 5.23. The molecule has 2 rings (SSSR count). The summed E-state index contributed by atoms with van der Waals surface area (Å²) < 4.78 is 0. The first kappa shape index (κ1) is 16.2. The van der Waals surface area contributed by atoms with Crippen LogP contribution >= 0.6 is 0 Å². The molecule has 0 atom stereocenters. The molecule has 1 aromatic rings. The first-order chi connectivity index (χ1) is 10.0. The molecule has 1 aromatic heterocycles. The van der Waals surface area contributed by atoms with Gasteiger partial charge in [0.1, 0.15) is 5.82 Å². The topological polar surface area (TPSA) is 79.3 Å². The summed E-state index contributed by atoms with van der Waals surface area (Å²) >= 11 is 0. The SMILES string of the molecule is CC1(C)Cc2cc(/C=C(\C(=O)O)C(C)(C)C)cnc2NC1=O. The van der Waals surface area contributed by atoms with E-state index >= 15 is 0 Å². The Morgan fingerprint density at radius 3 is 2.59 bits per heavy atom. The summed E-state index contributed by atoms with van der Waals surface area (Å²) in [5.74, 6) is -0.412. The molecule has 0 aromatic carbocycles. The lowest BCUT2D eigenvalue weighted by atomic mass is 9.81. The number of aromatic nitrogens is 1. The largest absolute Gasteiger partial charge is 0.478 e. The maximum atomic E-state index is 11.9. The average molecular weight is 302 g/mol. The maximum Gasteiger partial charge on any atom is 0.332 e. The van der Waals surface area contributed by atoms with Gasteiger partial charge in [-0.1, -0.05) is 34.6 Å². The Morgan fingerprint density at radius 1 is 1.41 bits per heavy atom. The molecule has 0 saturated carbocycles. The van der Waals surface area contributed by atoms with Crippen molar-refractivity contribution in [2.75, 3.05) is 5.32 Å². The zero-order valence-corrected chi connectivity index (χ0v) is 13.7. The highest BCUT2D eigenvalue weighted by Gasteiger charge is 2.34. The van der Waals surface area contributed by atoms with Crippen molar-refractivity contribution >= 4 is 23.8 Å². The molecule has 0 aliphatic carbocycles. The van der Waals surface area contributed by atoms with Gasteiger partial charge in [-0.05, 0) is 35.1 Å². The molecule has 5 heteroatoms. The fourth-order valence-electron chi connectivity index (χ4n) is 2.45. The number of carbonyl (C=O) groups is 2. The first-order valence-corrected chi connectivity index (χ1v) is 7.26. The van der Waals surface area contributed by atoms with E-state index in [9.17, 15) is 14.7 Å². The number of amides is 1. The molecule has 2 heterocycles. The van der Waals surface area contributed by atoms with Gasteiger partial charge in [-0.25, -0.2) is 9.78 Å². The Hall–Kier alpha value is -2.17. The van der Waals surface area contributed by atoms with E-state index in [0.717, 1.165) is 11.1 Å². The number of pyridine rings is 1. The van der Waals surface area contributed by atoms with Gasteiger partial charge in [-0.3, -0.25) is 4.79 Å². The van der Waals surface area contributed by atoms with Crippen molar-refractivity contribution in [3.8, 4) is 0 Å². The lowest BCUT2D eigenvalue weighted by Gasteiger charge is -2.29. The molecule has 2 N–H and O–H groups in total. The van der Waals surface area contributed by atoms with Crippen LogP contribution in [0, 0.1) is 10.8 Å². The van der Waals surface area contributed by atoms with E-state index in [1.165, 1.54) is 0 Å². The molecule has 118 valence electrons. The molecule has 1 aliphatic heterocycles. The van der Waals surface area contributed by atoms with Crippen molar-refractivity contribution in [2.24, 2.45) is 10.8 Å². The minimum atomic E-state index is -0.932. The molecule has 0 radical (unpaired) electrons. The summed E-state index contributed by atoms with van der Waals surface area (Å²) in [6.45, 7) is 9.35. The number of aliphatic carboxylic acids is 1. The number of anilines is 1. The number of fused-ring (bicyclic) bond motifs is 1. The van der Waals surface area contributed by atoms with Crippen LogP contribution in [-0.2, 0) is 16.0 Å². The molecule has 1 amide bonds. The Morgan fingerprint density at radius 2 is 2.05 bits per heavy atom. The van der Waals surface area contributed by atoms with E-state index in [2.05, 4.69) is 10.3 Å². The monoisotopic (exact) mass is 302 g/mol. The third kappa shape index (κ3) is 3.18. The second-order valence-corrected chi connectivity index (χ2v) is 7.40. The lowest BCUT2D eigenvalue weighted by molar-refractivity contribution is -0.133. The van der Waals surface area contributed by atoms with Crippen molar-refractivity contribution in [3.63, 3.8) is 0 Å². The first-order valence-electron chi connectivity index (χ1n) is 7.26. The Kier molecular flexibility index (Phi) is 3.85. The third-order valence-corrected chi connectivity index (χ3v) is 3.82. The van der Waals surface area contributed by atoms with Crippen molar-refractivity contribution in [1.29, 1.82) is 0 Å². The summed E-state index contributed by atoms with van der Waals surface area (Å²) in [4.78, 5) is 27.6. The quantitative estimate of drug-likeness (QED) is 0.823. The third-order valence-electron chi connectivity index (χ3n) is 3.82. The fraction of sp³-hybridized carbons (Fsp3) is 0.471. The van der Waals surface area contributed by atoms with Gasteiger partial charge in [0, 0.05) is 17.2 Å². The molecular formula is C17H22N2O3. The zero-order chi connectivity index (χ0) is 16.7. The van der Waals surface area contributed by atoms with E-state index in [0.29, 0.717) is 17.8 Å². The number of hydrogen-bond donors (Lipinski definition) is 2. The van der Waals surface area contributed by atoms with Crippen LogP contribution in [-0.4, -0.2) is 22.0 Å². The van der Waals surface area contributed by atoms with E-state index in [4.69, 9.17) is 0 Å². The minimum Gasteiger partial charge on any atom is -0.478 e. The number of rotatable bonds is 2. The Bertz CT molecular complexity index is 667. The highest BCUT2D eigenvalue weighted by Crippen LogP contribution is 2.33. The lowest BCUT2D eigenvalue weighted by Crippen LogP contribution is -2.37. The zero-order valence-electron chi connectivity index (χ0n) is 13.7. The van der Waals surface area contributed by atoms with E-state index in [1.807, 2.05) is 40.7 Å². The normalized spacial score (nSPS) is 17.7. The van der Waals surface area contributed by atoms with Crippen LogP contribution in [0.4, 0.5) is 5.82 Å². The van der Waals surface area contributed by atoms with Crippen LogP contribution in [0.2, 0.25) is 0 Å². The van der Waals surface area contributed by atoms with E-state index in [1.54, 1.807) is 12.3 Å². The second-order valence-electron chi connectivity index (χ2n) is 7.40. The van der Waals surface area contributed by atoms with Crippen molar-refractivity contribution in [2.45, 2.75) is 41.0 Å². The van der Waals surface area contributed by atoms with Crippen LogP contribution in [0.5, 0.6) is 0 Å². The van der Waals surface area contributed by atoms with Crippen LogP contribution in [0.15, 0.2) is 17.8 Å². The molecule has 1 aliphatic rings. The van der Waals surface area contributed by atoms with E-state index < -0.39 is 16.8 Å². The molecular weight excluding hydrogens is 280 g/mol. The number of carboxylic acid groups (broad SMARTS) is 1. The van der Waals surface area contributed by atoms with Gasteiger partial charge in [0.25, 0.3) is 0 Å². The predicted octanol–water partition coefficient (Wildman–Crippen LogP) is 3.12. The number of nitrogens with one attached hydrogen (secondary N) is 1. The maximum absolute atomic E-state index is 11.9. The van der Waals surface area contributed by atoms with Gasteiger partial charge in [-0.2, -0.15) is 0 Å². The smallest absolute Gasteiger partial charge is 0.332 e. The summed E-state index contributed by atoms with van der Waals surface area (Å²) in [5, 5.41) is 12.2. The summed E-state index contributed by atoms with van der Waals surface area (Å²) in [7, 11) is 0. The van der Waals surface area contributed by atoms with Crippen molar-refractivity contribution in [1.82, 2.24) is 4.98 Å². The highest BCUT2D eigenvalue weighted by molar-refractivity contribution is 5.97. The average Bonchev–Trinajstić information content (AvgIpc) is 2.35. The minimum absolute atomic E-state index is 0.0447. The Balaban J connectivity index is 2.44. The van der Waals surface area contributed by atoms with Gasteiger partial charge in [-0.15, -0.1) is 0 Å². The highest BCUT2D eigenvalue weighted by atomic mass is 16.4. The molecule has 5 nitrogen and oxygen atoms in total. The number of hydrogen-bond acceptors (Lipinski definition) is 3. The summed E-state index contributed by atoms with van der Waals surface area (Å²) in [5.41, 5.74) is 1.04. The molecule has 22 heavy (non-hydrogen) atoms. The molecule has 0 unspecified atom stereocenters.